The Morgan fingerprint density at radius 3 is 2.07 bits per heavy atom. The minimum atomic E-state index is -3.68. The van der Waals surface area contributed by atoms with Gasteiger partial charge in [0.15, 0.2) is 5.50 Å². The lowest BCUT2D eigenvalue weighted by atomic mass is 10.2. The zero-order chi connectivity index (χ0) is 20.4. The highest BCUT2D eigenvalue weighted by molar-refractivity contribution is 8.03. The van der Waals surface area contributed by atoms with Crippen LogP contribution in [0.4, 0.5) is 5.69 Å². The zero-order valence-corrected chi connectivity index (χ0v) is 17.7. The van der Waals surface area contributed by atoms with Crippen molar-refractivity contribution < 1.29 is 8.42 Å². The molecule has 148 valence electrons. The second-order valence-electron chi connectivity index (χ2n) is 6.84. The number of hydrogen-bond acceptors (Lipinski definition) is 5. The Bertz CT molecular complexity index is 1130. The number of hydrogen-bond donors (Lipinski definition) is 1. The third-order valence-corrected chi connectivity index (χ3v) is 7.12. The lowest BCUT2D eigenvalue weighted by molar-refractivity contribution is 0.580. The van der Waals surface area contributed by atoms with E-state index in [1.54, 1.807) is 24.3 Å². The van der Waals surface area contributed by atoms with Gasteiger partial charge in [-0.15, -0.1) is 0 Å². The number of anilines is 1. The van der Waals surface area contributed by atoms with Crippen LogP contribution < -0.4 is 9.03 Å². The Kier molecular flexibility index (Phi) is 5.45. The van der Waals surface area contributed by atoms with Crippen LogP contribution in [0.2, 0.25) is 0 Å². The van der Waals surface area contributed by atoms with E-state index in [1.807, 2.05) is 72.7 Å². The van der Waals surface area contributed by atoms with Gasteiger partial charge in [-0.1, -0.05) is 65.7 Å². The molecule has 0 aliphatic carbocycles. The number of sulfonamides is 1. The van der Waals surface area contributed by atoms with Crippen molar-refractivity contribution in [1.29, 1.82) is 0 Å². The molecule has 1 N–H and O–H groups in total. The van der Waals surface area contributed by atoms with Crippen LogP contribution in [0.15, 0.2) is 88.8 Å². The first kappa shape index (κ1) is 19.7. The van der Waals surface area contributed by atoms with Crippen molar-refractivity contribution in [2.45, 2.75) is 24.2 Å². The van der Waals surface area contributed by atoms with Gasteiger partial charge in [0.05, 0.1) is 10.6 Å². The number of aliphatic imine (C=N–C) groups is 1. The Hall–Kier alpha value is -2.61. The molecule has 0 amide bonds. The number of nitrogens with one attached hydrogen (secondary N) is 1. The summed E-state index contributed by atoms with van der Waals surface area (Å²) in [5.41, 5.74) is 3.39. The Balaban J connectivity index is 1.65. The molecule has 0 saturated carbocycles. The molecule has 0 aromatic heterocycles. The van der Waals surface area contributed by atoms with Crippen LogP contribution in [0.1, 0.15) is 16.7 Å². The maximum absolute atomic E-state index is 12.8. The van der Waals surface area contributed by atoms with Crippen LogP contribution in [0.25, 0.3) is 0 Å². The molecular weight excluding hydrogens is 402 g/mol. The highest BCUT2D eigenvalue weighted by atomic mass is 32.2. The van der Waals surface area contributed by atoms with E-state index in [4.69, 9.17) is 0 Å². The fourth-order valence-corrected chi connectivity index (χ4v) is 5.29. The van der Waals surface area contributed by atoms with E-state index in [2.05, 4.69) is 9.71 Å². The van der Waals surface area contributed by atoms with E-state index in [9.17, 15) is 8.42 Å². The summed E-state index contributed by atoms with van der Waals surface area (Å²) in [4.78, 5) is 4.91. The molecule has 29 heavy (non-hydrogen) atoms. The molecule has 7 heteroatoms. The average molecular weight is 424 g/mol. The summed E-state index contributed by atoms with van der Waals surface area (Å²) >= 11 is 1.34. The molecular formula is C22H21N3O2S2. The summed E-state index contributed by atoms with van der Waals surface area (Å²) in [5, 5.41) is 0. The van der Waals surface area contributed by atoms with Crippen molar-refractivity contribution >= 4 is 33.5 Å². The lowest BCUT2D eigenvalue weighted by Gasteiger charge is -2.20. The molecule has 5 nitrogen and oxygen atoms in total. The van der Waals surface area contributed by atoms with E-state index >= 15 is 0 Å². The summed E-state index contributed by atoms with van der Waals surface area (Å²) in [6.07, 6.45) is 0. The molecule has 1 heterocycles. The predicted octanol–water partition coefficient (Wildman–Crippen LogP) is 4.48. The minimum Gasteiger partial charge on any atom is -0.265 e. The normalized spacial score (nSPS) is 16.7. The highest BCUT2D eigenvalue weighted by Crippen LogP contribution is 2.34. The van der Waals surface area contributed by atoms with Crippen molar-refractivity contribution in [3.05, 3.63) is 95.6 Å². The first-order valence-corrected chi connectivity index (χ1v) is 11.5. The van der Waals surface area contributed by atoms with Crippen molar-refractivity contribution in [2.24, 2.45) is 4.99 Å². The molecule has 0 fully saturated rings. The molecule has 0 saturated heterocycles. The smallest absolute Gasteiger partial charge is 0.243 e. The second kappa shape index (κ2) is 8.02. The molecule has 1 aliphatic rings. The summed E-state index contributed by atoms with van der Waals surface area (Å²) < 4.78 is 30.3. The summed E-state index contributed by atoms with van der Waals surface area (Å²) in [6.45, 7) is 3.96. The number of rotatable bonds is 5. The van der Waals surface area contributed by atoms with Gasteiger partial charge >= 0.3 is 0 Å². The van der Waals surface area contributed by atoms with E-state index in [-0.39, 0.29) is 4.90 Å². The van der Waals surface area contributed by atoms with Gasteiger partial charge in [0.25, 0.3) is 0 Å². The third-order valence-electron chi connectivity index (χ3n) is 4.52. The van der Waals surface area contributed by atoms with Crippen LogP contribution in [-0.4, -0.2) is 19.8 Å². The summed E-state index contributed by atoms with van der Waals surface area (Å²) in [6, 6.07) is 24.6. The van der Waals surface area contributed by atoms with Crippen molar-refractivity contribution in [2.75, 3.05) is 4.31 Å². The van der Waals surface area contributed by atoms with Crippen molar-refractivity contribution in [1.82, 2.24) is 4.72 Å². The van der Waals surface area contributed by atoms with Crippen LogP contribution in [0.5, 0.6) is 0 Å². The Labute approximate surface area is 175 Å². The van der Waals surface area contributed by atoms with Gasteiger partial charge in [-0.2, -0.15) is 4.72 Å². The van der Waals surface area contributed by atoms with Gasteiger partial charge in [0, 0.05) is 17.5 Å². The molecule has 1 aliphatic heterocycles. The van der Waals surface area contributed by atoms with Crippen LogP contribution in [0, 0.1) is 13.8 Å². The van der Waals surface area contributed by atoms with Crippen molar-refractivity contribution in [3.8, 4) is 0 Å². The SMILES string of the molecule is Cc1ccc(N2SC(NS(=O)(=O)c3ccc(C)cc3)N=C2c2ccccc2)cc1. The monoisotopic (exact) mass is 423 g/mol. The van der Waals surface area contributed by atoms with Gasteiger partial charge in [-0.05, 0) is 38.1 Å². The van der Waals surface area contributed by atoms with Crippen LogP contribution >= 0.6 is 11.9 Å². The third kappa shape index (κ3) is 4.37. The highest BCUT2D eigenvalue weighted by Gasteiger charge is 2.31. The molecule has 1 unspecified atom stereocenters. The summed E-state index contributed by atoms with van der Waals surface area (Å²) in [7, 11) is -3.68. The summed E-state index contributed by atoms with van der Waals surface area (Å²) in [5.74, 6) is 0.719. The number of aryl methyl sites for hydroxylation is 2. The van der Waals surface area contributed by atoms with E-state index < -0.39 is 15.5 Å². The topological polar surface area (TPSA) is 61.8 Å². The predicted molar refractivity (Wildman–Crippen MR) is 120 cm³/mol. The Morgan fingerprint density at radius 1 is 0.862 bits per heavy atom. The van der Waals surface area contributed by atoms with Crippen LogP contribution in [-0.2, 0) is 10.0 Å². The van der Waals surface area contributed by atoms with Gasteiger partial charge in [0.1, 0.15) is 5.84 Å². The quantitative estimate of drug-likeness (QED) is 0.615. The molecule has 3 aromatic rings. The number of benzene rings is 3. The minimum absolute atomic E-state index is 0.231. The molecule has 0 bridgehead atoms. The van der Waals surface area contributed by atoms with Gasteiger partial charge in [-0.25, -0.2) is 13.4 Å². The first-order chi connectivity index (χ1) is 13.9. The molecule has 0 spiro atoms. The fourth-order valence-electron chi connectivity index (χ4n) is 2.95. The van der Waals surface area contributed by atoms with E-state index in [1.165, 1.54) is 11.9 Å². The van der Waals surface area contributed by atoms with Crippen LogP contribution in [0.3, 0.4) is 0 Å². The first-order valence-electron chi connectivity index (χ1n) is 9.18. The number of amidine groups is 1. The van der Waals surface area contributed by atoms with Gasteiger partial charge < -0.3 is 0 Å². The van der Waals surface area contributed by atoms with Crippen molar-refractivity contribution in [3.63, 3.8) is 0 Å². The second-order valence-corrected chi connectivity index (χ2v) is 9.58. The number of nitrogens with zero attached hydrogens (tertiary/aromatic N) is 2. The van der Waals surface area contributed by atoms with Gasteiger partial charge in [-0.3, -0.25) is 4.31 Å². The van der Waals surface area contributed by atoms with E-state index in [0.29, 0.717) is 0 Å². The average Bonchev–Trinajstić information content (AvgIpc) is 3.12. The van der Waals surface area contributed by atoms with Gasteiger partial charge in [0.2, 0.25) is 10.0 Å². The van der Waals surface area contributed by atoms with E-state index in [0.717, 1.165) is 28.2 Å². The largest absolute Gasteiger partial charge is 0.265 e. The standard InChI is InChI=1S/C22H21N3O2S2/c1-16-8-12-19(13-9-16)25-21(18-6-4-3-5-7-18)23-22(28-25)24-29(26,27)20-14-10-17(2)11-15-20/h3-15,22,24H,1-2H3. The lowest BCUT2D eigenvalue weighted by Crippen LogP contribution is -2.30. The molecule has 4 rings (SSSR count). The maximum atomic E-state index is 12.8. The molecule has 3 aromatic carbocycles. The Morgan fingerprint density at radius 2 is 1.45 bits per heavy atom. The maximum Gasteiger partial charge on any atom is 0.243 e. The molecule has 0 radical (unpaired) electrons. The molecule has 1 atom stereocenters. The fraction of sp³-hybridized carbons (Fsp3) is 0.136. The zero-order valence-electron chi connectivity index (χ0n) is 16.1.